The molecule has 1 nitrogen and oxygen atoms in total. The lowest BCUT2D eigenvalue weighted by Gasteiger charge is -2.01. The van der Waals surface area contributed by atoms with Gasteiger partial charge in [0.05, 0.1) is 15.1 Å². The molecule has 0 amide bonds. The van der Waals surface area contributed by atoms with Crippen LogP contribution in [0.1, 0.15) is 0 Å². The van der Waals surface area contributed by atoms with Crippen LogP contribution in [0.5, 0.6) is 0 Å². The molecule has 0 radical (unpaired) electrons. The third-order valence-electron chi connectivity index (χ3n) is 8.83. The predicted molar refractivity (Wildman–Crippen MR) is 205 cm³/mol. The van der Waals surface area contributed by atoms with Gasteiger partial charge in [0, 0.05) is 23.9 Å². The number of hydrogen-bond donors (Lipinski definition) is 0. The topological polar surface area (TPSA) is 12.9 Å². The van der Waals surface area contributed by atoms with Crippen LogP contribution >= 0.6 is 45.3 Å². The third kappa shape index (κ3) is 4.85. The molecule has 0 aliphatic rings. The van der Waals surface area contributed by atoms with Crippen molar-refractivity contribution in [2.24, 2.45) is 0 Å². The van der Waals surface area contributed by atoms with E-state index in [1.165, 1.54) is 79.9 Å². The Morgan fingerprint density at radius 3 is 1.46 bits per heavy atom. The van der Waals surface area contributed by atoms with Gasteiger partial charge in [0.2, 0.25) is 0 Å². The Bertz CT molecular complexity index is 2590. The first-order valence-corrected chi connectivity index (χ1v) is 18.6. The fraction of sp³-hybridized carbons (Fsp3) is 0. The highest BCUT2D eigenvalue weighted by Crippen LogP contribution is 2.44. The quantitative estimate of drug-likeness (QED) is 0.179. The van der Waals surface area contributed by atoms with E-state index in [9.17, 15) is 8.78 Å². The molecule has 0 aliphatic heterocycles. The third-order valence-corrected chi connectivity index (χ3v) is 13.5. The molecule has 48 heavy (non-hydrogen) atoms. The molecule has 4 heterocycles. The van der Waals surface area contributed by atoms with Gasteiger partial charge in [0.25, 0.3) is 0 Å². The maximum Gasteiger partial charge on any atom is 0.134 e. The molecular weight excluding hydrogens is 673 g/mol. The van der Waals surface area contributed by atoms with E-state index < -0.39 is 0 Å². The van der Waals surface area contributed by atoms with E-state index in [2.05, 4.69) is 78.9 Å². The van der Waals surface area contributed by atoms with Crippen molar-refractivity contribution < 1.29 is 8.78 Å². The van der Waals surface area contributed by atoms with Gasteiger partial charge in [-0.15, -0.1) is 45.3 Å². The van der Waals surface area contributed by atoms with Crippen molar-refractivity contribution in [1.82, 2.24) is 4.98 Å². The van der Waals surface area contributed by atoms with Gasteiger partial charge in [-0.2, -0.15) is 0 Å². The number of aromatic nitrogens is 1. The number of nitrogens with zero attached hydrogens (tertiary/aromatic N) is 1. The average molecular weight is 694 g/mol. The van der Waals surface area contributed by atoms with Gasteiger partial charge < -0.3 is 0 Å². The standard InChI is InChI=1S/C41H21F2NS4/c42-31-8-3-22(4-9-31)24-1-2-26-17-38(45-34(26)15-24)39-20-29-13-27-19-36-30(14-28(27)18-35(29)46-39)21-40(47-36)41-44-33-12-7-25(16-37(33)48-41)23-5-10-32(43)11-6-23/h1-21H. The van der Waals surface area contributed by atoms with E-state index in [1.807, 2.05) is 35.6 Å². The lowest BCUT2D eigenvalue weighted by Crippen LogP contribution is -1.78. The number of rotatable bonds is 4. The molecule has 10 rings (SSSR count). The zero-order valence-electron chi connectivity index (χ0n) is 25.0. The Hall–Kier alpha value is -4.79. The number of thiophene rings is 3. The molecule has 0 unspecified atom stereocenters. The van der Waals surface area contributed by atoms with Gasteiger partial charge in [0.1, 0.15) is 16.6 Å². The highest BCUT2D eigenvalue weighted by Gasteiger charge is 2.14. The number of halogens is 2. The molecule has 10 aromatic rings. The molecule has 7 heteroatoms. The number of hydrogen-bond acceptors (Lipinski definition) is 5. The molecular formula is C41H21F2NS4. The smallest absolute Gasteiger partial charge is 0.134 e. The van der Waals surface area contributed by atoms with Gasteiger partial charge in [0.15, 0.2) is 0 Å². The highest BCUT2D eigenvalue weighted by atomic mass is 32.1. The molecule has 0 atom stereocenters. The van der Waals surface area contributed by atoms with Crippen LogP contribution in [0.2, 0.25) is 0 Å². The van der Waals surface area contributed by atoms with Crippen molar-refractivity contribution in [1.29, 1.82) is 0 Å². The van der Waals surface area contributed by atoms with Gasteiger partial charge in [-0.3, -0.25) is 0 Å². The van der Waals surface area contributed by atoms with E-state index in [0.29, 0.717) is 0 Å². The Labute approximate surface area is 289 Å². The Morgan fingerprint density at radius 2 is 0.833 bits per heavy atom. The van der Waals surface area contributed by atoms with E-state index in [-0.39, 0.29) is 11.6 Å². The first kappa shape index (κ1) is 28.2. The SMILES string of the molecule is Fc1ccc(-c2ccc3cc(-c4cc5cc6cc7sc(-c8nc9ccc(-c%10ccc(F)cc%10)cc9s8)cc7cc6cc5s4)sc3c2)cc1. The van der Waals surface area contributed by atoms with Crippen LogP contribution in [-0.2, 0) is 0 Å². The van der Waals surface area contributed by atoms with Crippen LogP contribution in [0.4, 0.5) is 8.78 Å². The lowest BCUT2D eigenvalue weighted by atomic mass is 10.0. The summed E-state index contributed by atoms with van der Waals surface area (Å²) in [6.07, 6.45) is 0. The first-order chi connectivity index (χ1) is 23.5. The van der Waals surface area contributed by atoms with E-state index >= 15 is 0 Å². The Kier molecular flexibility index (Phi) is 6.40. The highest BCUT2D eigenvalue weighted by molar-refractivity contribution is 7.29. The number of benzene rings is 6. The molecule has 0 saturated carbocycles. The summed E-state index contributed by atoms with van der Waals surface area (Å²) >= 11 is 7.13. The molecule has 228 valence electrons. The summed E-state index contributed by atoms with van der Waals surface area (Å²) in [7, 11) is 0. The van der Waals surface area contributed by atoms with Gasteiger partial charge in [-0.05, 0) is 134 Å². The van der Waals surface area contributed by atoms with Crippen molar-refractivity contribution >= 4 is 96.6 Å². The van der Waals surface area contributed by atoms with Gasteiger partial charge in [-0.1, -0.05) is 42.5 Å². The summed E-state index contributed by atoms with van der Waals surface area (Å²) in [5.74, 6) is -0.446. The maximum absolute atomic E-state index is 13.5. The molecule has 0 saturated heterocycles. The van der Waals surface area contributed by atoms with Crippen molar-refractivity contribution in [3.05, 3.63) is 139 Å². The van der Waals surface area contributed by atoms with E-state index in [4.69, 9.17) is 4.98 Å². The van der Waals surface area contributed by atoms with Crippen LogP contribution in [-0.4, -0.2) is 4.98 Å². The number of fused-ring (bicyclic) bond motifs is 5. The molecule has 0 N–H and O–H groups in total. The van der Waals surface area contributed by atoms with E-state index in [1.54, 1.807) is 34.0 Å². The maximum atomic E-state index is 13.5. The second kappa shape index (κ2) is 10.9. The van der Waals surface area contributed by atoms with Gasteiger partial charge >= 0.3 is 0 Å². The first-order valence-electron chi connectivity index (χ1n) is 15.4. The van der Waals surface area contributed by atoms with Crippen LogP contribution in [0, 0.1) is 11.6 Å². The van der Waals surface area contributed by atoms with Crippen LogP contribution in [0.15, 0.2) is 127 Å². The van der Waals surface area contributed by atoms with Crippen molar-refractivity contribution in [3.63, 3.8) is 0 Å². The minimum absolute atomic E-state index is 0.218. The molecule has 6 aromatic carbocycles. The van der Waals surface area contributed by atoms with Crippen molar-refractivity contribution in [2.75, 3.05) is 0 Å². The molecule has 0 fully saturated rings. The average Bonchev–Trinajstić information content (AvgIpc) is 3.90. The van der Waals surface area contributed by atoms with Crippen LogP contribution in [0.25, 0.3) is 93.1 Å². The van der Waals surface area contributed by atoms with Crippen molar-refractivity contribution in [2.45, 2.75) is 0 Å². The largest absolute Gasteiger partial charge is 0.235 e. The van der Waals surface area contributed by atoms with Crippen molar-refractivity contribution in [3.8, 4) is 41.9 Å². The zero-order valence-corrected chi connectivity index (χ0v) is 28.2. The fourth-order valence-corrected chi connectivity index (χ4v) is 10.8. The monoisotopic (exact) mass is 693 g/mol. The Morgan fingerprint density at radius 1 is 0.354 bits per heavy atom. The summed E-state index contributed by atoms with van der Waals surface area (Å²) in [4.78, 5) is 8.67. The lowest BCUT2D eigenvalue weighted by molar-refractivity contribution is 0.627. The van der Waals surface area contributed by atoms with Gasteiger partial charge in [-0.25, -0.2) is 13.8 Å². The number of thiazole rings is 1. The summed E-state index contributed by atoms with van der Waals surface area (Å²) < 4.78 is 31.8. The molecule has 0 spiro atoms. The predicted octanol–water partition coefficient (Wildman–Crippen LogP) is 14.0. The fourth-order valence-electron chi connectivity index (χ4n) is 6.38. The molecule has 4 aromatic heterocycles. The minimum atomic E-state index is -0.228. The Balaban J connectivity index is 0.979. The summed E-state index contributed by atoms with van der Waals surface area (Å²) in [6, 6.07) is 42.2. The molecule has 0 bridgehead atoms. The summed E-state index contributed by atoms with van der Waals surface area (Å²) in [5, 5.41) is 7.20. The molecule has 0 aliphatic carbocycles. The van der Waals surface area contributed by atoms with Crippen LogP contribution < -0.4 is 0 Å². The zero-order chi connectivity index (χ0) is 31.9. The summed E-state index contributed by atoms with van der Waals surface area (Å²) in [5.41, 5.74) is 5.15. The second-order valence-electron chi connectivity index (χ2n) is 11.9. The minimum Gasteiger partial charge on any atom is -0.235 e. The second-order valence-corrected chi connectivity index (χ2v) is 16.2. The van der Waals surface area contributed by atoms with E-state index in [0.717, 1.165) is 37.5 Å². The summed E-state index contributed by atoms with van der Waals surface area (Å²) in [6.45, 7) is 0. The van der Waals surface area contributed by atoms with Crippen LogP contribution in [0.3, 0.4) is 0 Å². The normalized spacial score (nSPS) is 12.0.